The second-order valence-electron chi connectivity index (χ2n) is 9.03. The molecule has 3 amide bonds. The average Bonchev–Trinajstić information content (AvgIpc) is 2.94. The summed E-state index contributed by atoms with van der Waals surface area (Å²) in [5, 5.41) is 24.2. The Balaban J connectivity index is 0.000000336. The molecule has 40 heavy (non-hydrogen) atoms. The number of halogens is 2. The van der Waals surface area contributed by atoms with E-state index in [-0.39, 0.29) is 11.6 Å². The highest BCUT2D eigenvalue weighted by Gasteiger charge is 2.22. The number of aryl methyl sites for hydroxylation is 2. The molecule has 1 aromatic heterocycles. The van der Waals surface area contributed by atoms with E-state index in [4.69, 9.17) is 5.11 Å². The second-order valence-corrected chi connectivity index (χ2v) is 9.03. The van der Waals surface area contributed by atoms with Gasteiger partial charge in [0.1, 0.15) is 6.61 Å². The monoisotopic (exact) mass is 556 g/mol. The molecular weight excluding hydrogens is 526 g/mol. The molecule has 1 aliphatic heterocycles. The molecule has 3 aromatic rings. The standard InChI is InChI=1S/C20H24FN5O3.C7H6FNO2/c1-14-5-6-16(11-22-14)23-20(29)24-17-4-2-3-15(19(17)21)12-25-7-9-26(10-8-25)18(28)13-27;1-5-3-2-4-6(7(5)8)9(10)11/h2-6,11,27H,7-10,12-13H2,1H3,(H2,23,24,29);2-4H,1H3. The van der Waals surface area contributed by atoms with E-state index in [0.717, 1.165) is 11.8 Å². The third kappa shape index (κ3) is 8.25. The zero-order valence-corrected chi connectivity index (χ0v) is 22.1. The van der Waals surface area contributed by atoms with E-state index in [1.807, 2.05) is 11.8 Å². The average molecular weight is 557 g/mol. The number of nitrogens with zero attached hydrogens (tertiary/aromatic N) is 4. The summed E-state index contributed by atoms with van der Waals surface area (Å²) in [6, 6.07) is 11.9. The largest absolute Gasteiger partial charge is 0.387 e. The van der Waals surface area contributed by atoms with Crippen LogP contribution in [0.2, 0.25) is 0 Å². The highest BCUT2D eigenvalue weighted by molar-refractivity contribution is 5.99. The number of hydrogen-bond donors (Lipinski definition) is 3. The maximum atomic E-state index is 14.9. The lowest BCUT2D eigenvalue weighted by molar-refractivity contribution is -0.387. The lowest BCUT2D eigenvalue weighted by Gasteiger charge is -2.34. The van der Waals surface area contributed by atoms with Crippen molar-refractivity contribution in [3.05, 3.63) is 93.3 Å². The number of piperazine rings is 1. The number of carbonyl (C=O) groups excluding carboxylic acids is 2. The first-order valence-corrected chi connectivity index (χ1v) is 12.4. The number of aliphatic hydroxyl groups excluding tert-OH is 1. The molecule has 0 bridgehead atoms. The van der Waals surface area contributed by atoms with Gasteiger partial charge >= 0.3 is 11.7 Å². The van der Waals surface area contributed by atoms with Crippen LogP contribution in [-0.2, 0) is 11.3 Å². The van der Waals surface area contributed by atoms with Crippen LogP contribution in [0.25, 0.3) is 0 Å². The number of aliphatic hydroxyl groups is 1. The molecule has 4 rings (SSSR count). The van der Waals surface area contributed by atoms with Crippen LogP contribution < -0.4 is 10.6 Å². The molecule has 0 saturated carbocycles. The maximum absolute atomic E-state index is 14.9. The topological polar surface area (TPSA) is 141 Å². The number of nitro groups is 1. The number of anilines is 2. The molecule has 0 radical (unpaired) electrons. The van der Waals surface area contributed by atoms with Gasteiger partial charge in [-0.1, -0.05) is 24.3 Å². The minimum atomic E-state index is -0.752. The Kier molecular flexibility index (Phi) is 10.6. The summed E-state index contributed by atoms with van der Waals surface area (Å²) in [6.07, 6.45) is 1.53. The molecule has 0 aliphatic carbocycles. The lowest BCUT2D eigenvalue weighted by atomic mass is 10.1. The van der Waals surface area contributed by atoms with Crippen molar-refractivity contribution < 1.29 is 28.4 Å². The van der Waals surface area contributed by atoms with Crippen LogP contribution in [0.5, 0.6) is 0 Å². The molecule has 0 unspecified atom stereocenters. The van der Waals surface area contributed by atoms with Crippen molar-refractivity contribution >= 4 is 29.0 Å². The molecule has 11 nitrogen and oxygen atoms in total. The first-order valence-electron chi connectivity index (χ1n) is 12.4. The molecule has 1 aliphatic rings. The fourth-order valence-corrected chi connectivity index (χ4v) is 3.89. The van der Waals surface area contributed by atoms with Gasteiger partial charge in [0.05, 0.1) is 22.5 Å². The third-order valence-electron chi connectivity index (χ3n) is 6.12. The van der Waals surface area contributed by atoms with Crippen LogP contribution in [0.15, 0.2) is 54.7 Å². The van der Waals surface area contributed by atoms with E-state index in [9.17, 15) is 28.5 Å². The molecule has 2 aromatic carbocycles. The summed E-state index contributed by atoms with van der Waals surface area (Å²) in [6.45, 7) is 5.36. The summed E-state index contributed by atoms with van der Waals surface area (Å²) in [5.74, 6) is -1.53. The van der Waals surface area contributed by atoms with Gasteiger partial charge < -0.3 is 20.6 Å². The molecule has 2 heterocycles. The Morgan fingerprint density at radius 2 is 1.70 bits per heavy atom. The Morgan fingerprint density at radius 1 is 1.00 bits per heavy atom. The third-order valence-corrected chi connectivity index (χ3v) is 6.12. The molecule has 212 valence electrons. The summed E-state index contributed by atoms with van der Waals surface area (Å²) in [5.41, 5.74) is 1.72. The van der Waals surface area contributed by atoms with Crippen LogP contribution in [0.4, 0.5) is 30.6 Å². The number of amides is 3. The van der Waals surface area contributed by atoms with E-state index < -0.39 is 34.9 Å². The summed E-state index contributed by atoms with van der Waals surface area (Å²) in [4.78, 5) is 40.8. The fourth-order valence-electron chi connectivity index (χ4n) is 3.89. The molecule has 0 atom stereocenters. The van der Waals surface area contributed by atoms with Crippen LogP contribution in [0.3, 0.4) is 0 Å². The number of rotatable bonds is 6. The van der Waals surface area contributed by atoms with Crippen molar-refractivity contribution in [1.82, 2.24) is 14.8 Å². The van der Waals surface area contributed by atoms with Gasteiger partial charge in [-0.3, -0.25) is 24.8 Å². The van der Waals surface area contributed by atoms with Gasteiger partial charge in [0.15, 0.2) is 5.82 Å². The van der Waals surface area contributed by atoms with E-state index in [1.54, 1.807) is 29.2 Å². The number of nitrogens with one attached hydrogen (secondary N) is 2. The highest BCUT2D eigenvalue weighted by Crippen LogP contribution is 2.21. The van der Waals surface area contributed by atoms with Crippen LogP contribution in [-0.4, -0.2) is 69.5 Å². The molecule has 3 N–H and O–H groups in total. The quantitative estimate of drug-likeness (QED) is 0.309. The molecule has 0 spiro atoms. The van der Waals surface area contributed by atoms with Crippen molar-refractivity contribution in [1.29, 1.82) is 0 Å². The zero-order chi connectivity index (χ0) is 29.2. The van der Waals surface area contributed by atoms with Crippen LogP contribution >= 0.6 is 0 Å². The summed E-state index contributed by atoms with van der Waals surface area (Å²) >= 11 is 0. The number of hydrogen-bond acceptors (Lipinski definition) is 7. The van der Waals surface area contributed by atoms with E-state index in [1.165, 1.54) is 31.3 Å². The minimum Gasteiger partial charge on any atom is -0.387 e. The first-order chi connectivity index (χ1) is 19.1. The molecule has 1 fully saturated rings. The summed E-state index contributed by atoms with van der Waals surface area (Å²) in [7, 11) is 0. The molecular formula is C27H30F2N6O5. The van der Waals surface area contributed by atoms with Crippen molar-refractivity contribution in [2.75, 3.05) is 43.4 Å². The van der Waals surface area contributed by atoms with Gasteiger partial charge in [-0.25, -0.2) is 9.18 Å². The Bertz CT molecular complexity index is 1350. The summed E-state index contributed by atoms with van der Waals surface area (Å²) < 4.78 is 27.7. The predicted octanol–water partition coefficient (Wildman–Crippen LogP) is 3.85. The first kappa shape index (κ1) is 30.1. The molecule has 13 heteroatoms. The molecule has 1 saturated heterocycles. The van der Waals surface area contributed by atoms with Crippen molar-refractivity contribution in [3.8, 4) is 0 Å². The van der Waals surface area contributed by atoms with Gasteiger partial charge in [-0.15, -0.1) is 0 Å². The van der Waals surface area contributed by atoms with Gasteiger partial charge in [0.2, 0.25) is 11.7 Å². The second kappa shape index (κ2) is 14.1. The van der Waals surface area contributed by atoms with Gasteiger partial charge in [-0.2, -0.15) is 4.39 Å². The van der Waals surface area contributed by atoms with Crippen LogP contribution in [0, 0.1) is 35.6 Å². The van der Waals surface area contributed by atoms with E-state index >= 15 is 0 Å². The number of pyridine rings is 1. The SMILES string of the molecule is Cc1ccc(NC(=O)Nc2cccc(CN3CCN(C(=O)CO)CC3)c2F)cn1.Cc1cccc([N+](=O)[O-])c1F. The van der Waals surface area contributed by atoms with E-state index in [0.29, 0.717) is 49.5 Å². The van der Waals surface area contributed by atoms with Crippen molar-refractivity contribution in [2.45, 2.75) is 20.4 Å². The van der Waals surface area contributed by atoms with E-state index in [2.05, 4.69) is 15.6 Å². The smallest absolute Gasteiger partial charge is 0.323 e. The number of benzene rings is 2. The van der Waals surface area contributed by atoms with Crippen molar-refractivity contribution in [2.24, 2.45) is 0 Å². The number of urea groups is 1. The van der Waals surface area contributed by atoms with Gasteiger partial charge in [0.25, 0.3) is 0 Å². The van der Waals surface area contributed by atoms with Crippen molar-refractivity contribution in [3.63, 3.8) is 0 Å². The Labute approximate surface area is 229 Å². The maximum Gasteiger partial charge on any atom is 0.323 e. The number of carbonyl (C=O) groups is 2. The predicted molar refractivity (Wildman–Crippen MR) is 145 cm³/mol. The fraction of sp³-hybridized carbons (Fsp3) is 0.296. The zero-order valence-electron chi connectivity index (χ0n) is 22.1. The lowest BCUT2D eigenvalue weighted by Crippen LogP contribution is -2.49. The highest BCUT2D eigenvalue weighted by atomic mass is 19.1. The Hall–Kier alpha value is -4.49. The normalized spacial score (nSPS) is 13.2. The number of nitro benzene ring substituents is 1. The number of aromatic nitrogens is 1. The van der Waals surface area contributed by atoms with Crippen LogP contribution in [0.1, 0.15) is 16.8 Å². The van der Waals surface area contributed by atoms with Gasteiger partial charge in [-0.05, 0) is 37.6 Å². The minimum absolute atomic E-state index is 0.0918. The van der Waals surface area contributed by atoms with Gasteiger partial charge in [0, 0.05) is 50.0 Å². The Morgan fingerprint density at radius 3 is 2.30 bits per heavy atom.